The van der Waals surface area contributed by atoms with Gasteiger partial charge in [-0.05, 0) is 54.7 Å². The SMILES string of the molecule is CC(C)c1ccc(NC(=O)C2CC3CCC2C3)cc1. The molecule has 1 N–H and O–H groups in total. The fourth-order valence-corrected chi connectivity index (χ4v) is 3.75. The third-order valence-corrected chi connectivity index (χ3v) is 4.92. The lowest BCUT2D eigenvalue weighted by Crippen LogP contribution is -2.27. The number of amides is 1. The van der Waals surface area contributed by atoms with E-state index in [2.05, 4.69) is 31.3 Å². The lowest BCUT2D eigenvalue weighted by molar-refractivity contribution is -0.121. The van der Waals surface area contributed by atoms with Crippen LogP contribution in [-0.4, -0.2) is 5.91 Å². The predicted molar refractivity (Wildman–Crippen MR) is 78.1 cm³/mol. The third-order valence-electron chi connectivity index (χ3n) is 4.92. The minimum absolute atomic E-state index is 0.240. The largest absolute Gasteiger partial charge is 0.326 e. The predicted octanol–water partition coefficient (Wildman–Crippen LogP) is 4.18. The first kappa shape index (κ1) is 12.7. The number of benzene rings is 1. The van der Waals surface area contributed by atoms with Gasteiger partial charge < -0.3 is 5.32 Å². The van der Waals surface area contributed by atoms with Crippen molar-refractivity contribution in [1.82, 2.24) is 0 Å². The molecule has 102 valence electrons. The molecule has 2 bridgehead atoms. The highest BCUT2D eigenvalue weighted by Gasteiger charge is 2.42. The summed E-state index contributed by atoms with van der Waals surface area (Å²) >= 11 is 0. The van der Waals surface area contributed by atoms with Crippen LogP contribution in [-0.2, 0) is 4.79 Å². The normalized spacial score (nSPS) is 28.9. The average Bonchev–Trinajstić information content (AvgIpc) is 3.01. The fourth-order valence-electron chi connectivity index (χ4n) is 3.75. The summed E-state index contributed by atoms with van der Waals surface area (Å²) in [5.41, 5.74) is 2.26. The molecule has 3 unspecified atom stereocenters. The molecule has 2 heteroatoms. The molecule has 3 atom stereocenters. The van der Waals surface area contributed by atoms with Gasteiger partial charge in [0, 0.05) is 11.6 Å². The molecule has 0 saturated heterocycles. The van der Waals surface area contributed by atoms with Crippen LogP contribution in [0.2, 0.25) is 0 Å². The zero-order valence-electron chi connectivity index (χ0n) is 11.9. The average molecular weight is 257 g/mol. The monoisotopic (exact) mass is 257 g/mol. The van der Waals surface area contributed by atoms with E-state index in [0.29, 0.717) is 11.8 Å². The lowest BCUT2D eigenvalue weighted by Gasteiger charge is -2.20. The smallest absolute Gasteiger partial charge is 0.227 e. The quantitative estimate of drug-likeness (QED) is 0.864. The first-order valence-corrected chi connectivity index (χ1v) is 7.54. The maximum atomic E-state index is 12.3. The van der Waals surface area contributed by atoms with Crippen LogP contribution in [0.25, 0.3) is 0 Å². The minimum atomic E-state index is 0.240. The lowest BCUT2D eigenvalue weighted by atomic mass is 9.88. The number of nitrogens with one attached hydrogen (secondary N) is 1. The molecule has 0 spiro atoms. The Bertz CT molecular complexity index is 463. The Labute approximate surface area is 115 Å². The first-order chi connectivity index (χ1) is 9.13. The number of fused-ring (bicyclic) bond motifs is 2. The van der Waals surface area contributed by atoms with Crippen LogP contribution in [0.3, 0.4) is 0 Å². The van der Waals surface area contributed by atoms with E-state index < -0.39 is 0 Å². The second-order valence-corrected chi connectivity index (χ2v) is 6.55. The van der Waals surface area contributed by atoms with Crippen LogP contribution < -0.4 is 5.32 Å². The molecule has 2 saturated carbocycles. The van der Waals surface area contributed by atoms with Gasteiger partial charge in [0.25, 0.3) is 0 Å². The van der Waals surface area contributed by atoms with Gasteiger partial charge in [-0.2, -0.15) is 0 Å². The number of carbonyl (C=O) groups is 1. The molecule has 1 amide bonds. The summed E-state index contributed by atoms with van der Waals surface area (Å²) in [5, 5.41) is 3.10. The zero-order chi connectivity index (χ0) is 13.4. The van der Waals surface area contributed by atoms with Crippen LogP contribution in [0.1, 0.15) is 51.0 Å². The molecule has 2 aliphatic carbocycles. The molecule has 2 aliphatic rings. The van der Waals surface area contributed by atoms with Gasteiger partial charge in [-0.25, -0.2) is 0 Å². The highest BCUT2D eigenvalue weighted by atomic mass is 16.1. The van der Waals surface area contributed by atoms with Gasteiger partial charge in [-0.3, -0.25) is 4.79 Å². The third kappa shape index (κ3) is 2.54. The fraction of sp³-hybridized carbons (Fsp3) is 0.588. The van der Waals surface area contributed by atoms with Crippen molar-refractivity contribution < 1.29 is 4.79 Å². The molecular formula is C17H23NO. The summed E-state index contributed by atoms with van der Waals surface area (Å²) < 4.78 is 0. The Morgan fingerprint density at radius 1 is 1.16 bits per heavy atom. The van der Waals surface area contributed by atoms with Crippen molar-refractivity contribution in [2.24, 2.45) is 17.8 Å². The second kappa shape index (κ2) is 4.99. The Hall–Kier alpha value is -1.31. The van der Waals surface area contributed by atoms with Crippen molar-refractivity contribution >= 4 is 11.6 Å². The number of hydrogen-bond donors (Lipinski definition) is 1. The molecule has 0 aliphatic heterocycles. The van der Waals surface area contributed by atoms with Gasteiger partial charge in [-0.1, -0.05) is 32.4 Å². The molecule has 1 aromatic rings. The van der Waals surface area contributed by atoms with E-state index in [4.69, 9.17) is 0 Å². The Kier molecular flexibility index (Phi) is 3.34. The highest BCUT2D eigenvalue weighted by Crippen LogP contribution is 2.48. The number of anilines is 1. The number of hydrogen-bond acceptors (Lipinski definition) is 1. The maximum absolute atomic E-state index is 12.3. The van der Waals surface area contributed by atoms with Crippen LogP contribution in [0.5, 0.6) is 0 Å². The van der Waals surface area contributed by atoms with Crippen LogP contribution in [0.15, 0.2) is 24.3 Å². The molecule has 0 heterocycles. The molecule has 1 aromatic carbocycles. The topological polar surface area (TPSA) is 29.1 Å². The Morgan fingerprint density at radius 3 is 2.42 bits per heavy atom. The van der Waals surface area contributed by atoms with Crippen LogP contribution >= 0.6 is 0 Å². The maximum Gasteiger partial charge on any atom is 0.227 e. The van der Waals surface area contributed by atoms with Gasteiger partial charge in [0.1, 0.15) is 0 Å². The standard InChI is InChI=1S/C17H23NO/c1-11(2)13-5-7-15(8-6-13)18-17(19)16-10-12-3-4-14(16)9-12/h5-8,11-12,14,16H,3-4,9-10H2,1-2H3,(H,18,19). The molecule has 3 rings (SSSR count). The van der Waals surface area contributed by atoms with E-state index in [1.807, 2.05) is 12.1 Å². The van der Waals surface area contributed by atoms with Crippen molar-refractivity contribution in [2.75, 3.05) is 5.32 Å². The molecule has 0 radical (unpaired) electrons. The summed E-state index contributed by atoms with van der Waals surface area (Å²) in [7, 11) is 0. The van der Waals surface area contributed by atoms with Crippen molar-refractivity contribution in [2.45, 2.75) is 45.4 Å². The Morgan fingerprint density at radius 2 is 1.89 bits per heavy atom. The summed E-state index contributed by atoms with van der Waals surface area (Å²) in [4.78, 5) is 12.3. The van der Waals surface area contributed by atoms with Gasteiger partial charge in [0.2, 0.25) is 5.91 Å². The van der Waals surface area contributed by atoms with Crippen LogP contribution in [0, 0.1) is 17.8 Å². The number of carbonyl (C=O) groups excluding carboxylic acids is 1. The van der Waals surface area contributed by atoms with Gasteiger partial charge in [-0.15, -0.1) is 0 Å². The van der Waals surface area contributed by atoms with E-state index in [0.717, 1.165) is 18.0 Å². The molecule has 19 heavy (non-hydrogen) atoms. The van der Waals surface area contributed by atoms with E-state index in [1.54, 1.807) is 0 Å². The first-order valence-electron chi connectivity index (χ1n) is 7.54. The van der Waals surface area contributed by atoms with Gasteiger partial charge in [0.15, 0.2) is 0 Å². The summed E-state index contributed by atoms with van der Waals surface area (Å²) in [6, 6.07) is 8.28. The molecular weight excluding hydrogens is 234 g/mol. The van der Waals surface area contributed by atoms with Crippen molar-refractivity contribution in [3.8, 4) is 0 Å². The molecule has 2 fully saturated rings. The van der Waals surface area contributed by atoms with E-state index in [-0.39, 0.29) is 11.8 Å². The van der Waals surface area contributed by atoms with Crippen LogP contribution in [0.4, 0.5) is 5.69 Å². The summed E-state index contributed by atoms with van der Waals surface area (Å²) in [6.07, 6.45) is 5.00. The van der Waals surface area contributed by atoms with Crippen molar-refractivity contribution in [3.05, 3.63) is 29.8 Å². The van der Waals surface area contributed by atoms with E-state index in [9.17, 15) is 4.79 Å². The minimum Gasteiger partial charge on any atom is -0.326 e. The van der Waals surface area contributed by atoms with E-state index >= 15 is 0 Å². The van der Waals surface area contributed by atoms with Crippen molar-refractivity contribution in [1.29, 1.82) is 0 Å². The summed E-state index contributed by atoms with van der Waals surface area (Å²) in [6.45, 7) is 4.37. The van der Waals surface area contributed by atoms with Gasteiger partial charge in [0.05, 0.1) is 0 Å². The van der Waals surface area contributed by atoms with E-state index in [1.165, 1.54) is 24.8 Å². The highest BCUT2D eigenvalue weighted by molar-refractivity contribution is 5.93. The van der Waals surface area contributed by atoms with Gasteiger partial charge >= 0.3 is 0 Å². The Balaban J connectivity index is 1.63. The van der Waals surface area contributed by atoms with Crippen molar-refractivity contribution in [3.63, 3.8) is 0 Å². The zero-order valence-corrected chi connectivity index (χ0v) is 11.9. The summed E-state index contributed by atoms with van der Waals surface area (Å²) in [5.74, 6) is 2.52. The molecule has 0 aromatic heterocycles. The number of rotatable bonds is 3. The molecule has 2 nitrogen and oxygen atoms in total. The second-order valence-electron chi connectivity index (χ2n) is 6.55.